The molecule has 2 aromatic carbocycles. The average Bonchev–Trinajstić information content (AvgIpc) is 2.63. The summed E-state index contributed by atoms with van der Waals surface area (Å²) in [5.41, 5.74) is 3.15. The molecule has 8 heteroatoms. The third-order valence-electron chi connectivity index (χ3n) is 3.68. The van der Waals surface area contributed by atoms with E-state index in [0.29, 0.717) is 17.0 Å². The number of carbonyl (C=O) groups is 2. The molecule has 0 saturated carbocycles. The minimum Gasteiger partial charge on any atom is -0.455 e. The number of hydrogen-bond acceptors (Lipinski definition) is 6. The quantitative estimate of drug-likeness (QED) is 0.421. The number of nitro benzene ring substituents is 1. The van der Waals surface area contributed by atoms with Crippen molar-refractivity contribution in [2.75, 3.05) is 17.7 Å². The van der Waals surface area contributed by atoms with Crippen LogP contribution >= 0.6 is 11.8 Å². The van der Waals surface area contributed by atoms with Crippen LogP contribution in [0.5, 0.6) is 0 Å². The van der Waals surface area contributed by atoms with Gasteiger partial charge in [0.15, 0.2) is 6.61 Å². The third-order valence-corrected chi connectivity index (χ3v) is 4.66. The molecule has 1 N–H and O–H groups in total. The Kier molecular flexibility index (Phi) is 7.36. The molecule has 0 radical (unpaired) electrons. The van der Waals surface area contributed by atoms with Gasteiger partial charge in [-0.1, -0.05) is 35.9 Å². The lowest BCUT2D eigenvalue weighted by Crippen LogP contribution is -2.22. The summed E-state index contributed by atoms with van der Waals surface area (Å²) in [5.74, 6) is -0.223. The number of nitrogens with zero attached hydrogens (tertiary/aromatic N) is 1. The minimum atomic E-state index is -0.546. The lowest BCUT2D eigenvalue weighted by Gasteiger charge is -2.09. The van der Waals surface area contributed by atoms with E-state index >= 15 is 0 Å². The summed E-state index contributed by atoms with van der Waals surface area (Å²) in [5, 5.41) is 13.3. The molecule has 0 aliphatic carbocycles. The van der Waals surface area contributed by atoms with Crippen molar-refractivity contribution < 1.29 is 19.2 Å². The van der Waals surface area contributed by atoms with Gasteiger partial charge >= 0.3 is 5.97 Å². The monoisotopic (exact) mass is 388 g/mol. The molecule has 1 amide bonds. The third kappa shape index (κ3) is 6.74. The van der Waals surface area contributed by atoms with Gasteiger partial charge in [-0.2, -0.15) is 0 Å². The lowest BCUT2D eigenvalue weighted by atomic mass is 10.2. The number of hydrogen-bond donors (Lipinski definition) is 1. The Balaban J connectivity index is 1.75. The number of carbonyl (C=O) groups excluding carboxylic acids is 2. The summed E-state index contributed by atoms with van der Waals surface area (Å²) in [6.45, 7) is 3.29. The van der Waals surface area contributed by atoms with Crippen LogP contribution in [0.25, 0.3) is 0 Å². The first-order valence-electron chi connectivity index (χ1n) is 8.19. The molecular formula is C19H20N2O5S. The number of rotatable bonds is 8. The molecule has 2 rings (SSSR count). The zero-order valence-electron chi connectivity index (χ0n) is 15.1. The summed E-state index contributed by atoms with van der Waals surface area (Å²) in [4.78, 5) is 33.9. The van der Waals surface area contributed by atoms with E-state index in [1.807, 2.05) is 31.2 Å². The van der Waals surface area contributed by atoms with Crippen LogP contribution < -0.4 is 5.32 Å². The Morgan fingerprint density at radius 3 is 2.52 bits per heavy atom. The van der Waals surface area contributed by atoms with E-state index in [1.54, 1.807) is 13.0 Å². The van der Waals surface area contributed by atoms with Gasteiger partial charge in [0.25, 0.3) is 11.6 Å². The van der Waals surface area contributed by atoms with Gasteiger partial charge in [0.1, 0.15) is 0 Å². The number of aryl methyl sites for hydroxylation is 2. The summed E-state index contributed by atoms with van der Waals surface area (Å²) < 4.78 is 4.94. The van der Waals surface area contributed by atoms with Crippen LogP contribution in [0, 0.1) is 24.0 Å². The van der Waals surface area contributed by atoms with Gasteiger partial charge in [-0.15, -0.1) is 11.8 Å². The maximum Gasteiger partial charge on any atom is 0.316 e. The summed E-state index contributed by atoms with van der Waals surface area (Å²) in [6.07, 6.45) is 0. The van der Waals surface area contributed by atoms with Crippen molar-refractivity contribution in [3.8, 4) is 0 Å². The normalized spacial score (nSPS) is 10.3. The second kappa shape index (κ2) is 9.72. The predicted molar refractivity (Wildman–Crippen MR) is 105 cm³/mol. The molecule has 0 aliphatic rings. The maximum atomic E-state index is 11.9. The van der Waals surface area contributed by atoms with E-state index in [2.05, 4.69) is 5.32 Å². The molecule has 27 heavy (non-hydrogen) atoms. The Labute approximate surface area is 161 Å². The first-order chi connectivity index (χ1) is 12.8. The molecule has 7 nitrogen and oxygen atoms in total. The Morgan fingerprint density at radius 1 is 1.15 bits per heavy atom. The number of amides is 1. The van der Waals surface area contributed by atoms with Crippen LogP contribution in [-0.2, 0) is 20.1 Å². The van der Waals surface area contributed by atoms with Gasteiger partial charge in [0, 0.05) is 17.9 Å². The van der Waals surface area contributed by atoms with E-state index < -0.39 is 23.4 Å². The van der Waals surface area contributed by atoms with E-state index in [1.165, 1.54) is 29.5 Å². The number of ether oxygens (including phenoxy) is 1. The number of anilines is 1. The predicted octanol–water partition coefficient (Wildman–Crippen LogP) is 3.63. The van der Waals surface area contributed by atoms with Gasteiger partial charge in [0.05, 0.1) is 16.4 Å². The fraction of sp³-hybridized carbons (Fsp3) is 0.263. The Bertz CT molecular complexity index is 836. The second-order valence-corrected chi connectivity index (χ2v) is 6.93. The number of nitro groups is 1. The van der Waals surface area contributed by atoms with E-state index in [0.717, 1.165) is 5.56 Å². The molecule has 0 aliphatic heterocycles. The Hall–Kier alpha value is -2.87. The van der Waals surface area contributed by atoms with Crippen molar-refractivity contribution in [2.45, 2.75) is 19.6 Å². The smallest absolute Gasteiger partial charge is 0.316 e. The average molecular weight is 388 g/mol. The fourth-order valence-corrected chi connectivity index (χ4v) is 2.95. The van der Waals surface area contributed by atoms with Crippen molar-refractivity contribution in [2.24, 2.45) is 0 Å². The first-order valence-corrected chi connectivity index (χ1v) is 9.34. The second-order valence-electron chi connectivity index (χ2n) is 5.94. The standard InChI is InChI=1S/C19H20N2O5S/c1-13-3-6-15(7-4-13)11-27-12-19(23)26-10-18(22)20-17-9-16(21(24)25)8-5-14(17)2/h3-9H,10-12H2,1-2H3,(H,20,22). The molecule has 0 fully saturated rings. The van der Waals surface area contributed by atoms with Crippen LogP contribution in [-0.4, -0.2) is 29.2 Å². The molecule has 2 aromatic rings. The van der Waals surface area contributed by atoms with Crippen molar-refractivity contribution in [3.05, 3.63) is 69.3 Å². The highest BCUT2D eigenvalue weighted by Gasteiger charge is 2.13. The molecule has 0 saturated heterocycles. The van der Waals surface area contributed by atoms with Gasteiger partial charge in [-0.25, -0.2) is 0 Å². The van der Waals surface area contributed by atoms with Crippen molar-refractivity contribution in [3.63, 3.8) is 0 Å². The Morgan fingerprint density at radius 2 is 1.85 bits per heavy atom. The van der Waals surface area contributed by atoms with Gasteiger partial charge < -0.3 is 10.1 Å². The van der Waals surface area contributed by atoms with E-state index in [-0.39, 0.29) is 11.4 Å². The maximum absolute atomic E-state index is 11.9. The lowest BCUT2D eigenvalue weighted by molar-refractivity contribution is -0.384. The number of benzene rings is 2. The highest BCUT2D eigenvalue weighted by molar-refractivity contribution is 7.99. The zero-order valence-corrected chi connectivity index (χ0v) is 15.9. The molecule has 0 bridgehead atoms. The zero-order chi connectivity index (χ0) is 19.8. The molecule has 0 heterocycles. The summed E-state index contributed by atoms with van der Waals surface area (Å²) >= 11 is 1.40. The largest absolute Gasteiger partial charge is 0.455 e. The number of non-ortho nitro benzene ring substituents is 1. The van der Waals surface area contributed by atoms with Crippen molar-refractivity contribution >= 4 is 35.0 Å². The molecular weight excluding hydrogens is 368 g/mol. The molecule has 0 atom stereocenters. The van der Waals surface area contributed by atoms with Crippen LogP contribution in [0.15, 0.2) is 42.5 Å². The number of thioether (sulfide) groups is 1. The minimum absolute atomic E-state index is 0.125. The van der Waals surface area contributed by atoms with Gasteiger partial charge in [-0.3, -0.25) is 19.7 Å². The topological polar surface area (TPSA) is 98.5 Å². The number of esters is 1. The highest BCUT2D eigenvalue weighted by atomic mass is 32.2. The SMILES string of the molecule is Cc1ccc(CSCC(=O)OCC(=O)Nc2cc([N+](=O)[O-])ccc2C)cc1. The van der Waals surface area contributed by atoms with Crippen LogP contribution in [0.2, 0.25) is 0 Å². The van der Waals surface area contributed by atoms with Crippen LogP contribution in [0.3, 0.4) is 0 Å². The first kappa shape index (κ1) is 20.4. The highest BCUT2D eigenvalue weighted by Crippen LogP contribution is 2.21. The number of nitrogens with one attached hydrogen (secondary N) is 1. The molecule has 142 valence electrons. The van der Waals surface area contributed by atoms with E-state index in [9.17, 15) is 19.7 Å². The van der Waals surface area contributed by atoms with Gasteiger partial charge in [0.2, 0.25) is 0 Å². The van der Waals surface area contributed by atoms with Crippen LogP contribution in [0.1, 0.15) is 16.7 Å². The fourth-order valence-electron chi connectivity index (χ4n) is 2.17. The molecule has 0 aromatic heterocycles. The van der Waals surface area contributed by atoms with Gasteiger partial charge in [-0.05, 0) is 25.0 Å². The molecule has 0 spiro atoms. The summed E-state index contributed by atoms with van der Waals surface area (Å²) in [6, 6.07) is 12.2. The van der Waals surface area contributed by atoms with E-state index in [4.69, 9.17) is 4.74 Å². The molecule has 0 unspecified atom stereocenters. The van der Waals surface area contributed by atoms with Crippen LogP contribution in [0.4, 0.5) is 11.4 Å². The van der Waals surface area contributed by atoms with Crippen molar-refractivity contribution in [1.29, 1.82) is 0 Å². The van der Waals surface area contributed by atoms with Crippen molar-refractivity contribution in [1.82, 2.24) is 0 Å². The summed E-state index contributed by atoms with van der Waals surface area (Å²) in [7, 11) is 0.